The van der Waals surface area contributed by atoms with Crippen LogP contribution in [0.1, 0.15) is 21.5 Å². The van der Waals surface area contributed by atoms with E-state index in [9.17, 15) is 4.79 Å². The average molecular weight is 284 g/mol. The van der Waals surface area contributed by atoms with Crippen LogP contribution >= 0.6 is 0 Å². The zero-order valence-corrected chi connectivity index (χ0v) is 11.7. The van der Waals surface area contributed by atoms with Crippen LogP contribution in [0.15, 0.2) is 36.5 Å². The lowest BCUT2D eigenvalue weighted by Gasteiger charge is -2.31. The van der Waals surface area contributed by atoms with Gasteiger partial charge in [0.2, 0.25) is 5.88 Å². The highest BCUT2D eigenvalue weighted by atomic mass is 16.5. The lowest BCUT2D eigenvalue weighted by molar-refractivity contribution is 0.0696. The summed E-state index contributed by atoms with van der Waals surface area (Å²) in [6, 6.07) is 9.19. The molecule has 21 heavy (non-hydrogen) atoms. The van der Waals surface area contributed by atoms with Crippen LogP contribution in [-0.2, 0) is 13.0 Å². The van der Waals surface area contributed by atoms with Crippen molar-refractivity contribution in [3.05, 3.63) is 53.2 Å². The first-order valence-corrected chi connectivity index (χ1v) is 6.77. The summed E-state index contributed by atoms with van der Waals surface area (Å²) in [4.78, 5) is 17.4. The number of ether oxygens (including phenoxy) is 1. The van der Waals surface area contributed by atoms with Crippen molar-refractivity contribution in [3.63, 3.8) is 0 Å². The number of fused-ring (bicyclic) bond motifs is 1. The van der Waals surface area contributed by atoms with Gasteiger partial charge in [-0.05, 0) is 35.7 Å². The van der Waals surface area contributed by atoms with Crippen molar-refractivity contribution in [1.82, 2.24) is 4.98 Å². The molecule has 0 unspecified atom stereocenters. The Kier molecular flexibility index (Phi) is 3.48. The van der Waals surface area contributed by atoms with Crippen LogP contribution in [-0.4, -0.2) is 29.7 Å². The number of carbonyl (C=O) groups is 1. The first kappa shape index (κ1) is 13.4. The number of aromatic carboxylic acids is 1. The Labute approximate surface area is 122 Å². The first-order chi connectivity index (χ1) is 10.2. The Morgan fingerprint density at radius 2 is 2.14 bits per heavy atom. The number of anilines is 1. The topological polar surface area (TPSA) is 62.7 Å². The van der Waals surface area contributed by atoms with Gasteiger partial charge in [-0.2, -0.15) is 0 Å². The molecule has 1 N–H and O–H groups in total. The number of rotatable bonds is 3. The van der Waals surface area contributed by atoms with E-state index in [-0.39, 0.29) is 0 Å². The molecule has 0 bridgehead atoms. The van der Waals surface area contributed by atoms with Gasteiger partial charge in [0.25, 0.3) is 0 Å². The molecule has 3 rings (SSSR count). The third-order valence-electron chi connectivity index (χ3n) is 3.76. The summed E-state index contributed by atoms with van der Waals surface area (Å²) >= 11 is 0. The molecule has 1 aromatic heterocycles. The molecule has 1 aliphatic heterocycles. The maximum Gasteiger partial charge on any atom is 0.335 e. The normalized spacial score (nSPS) is 13.7. The van der Waals surface area contributed by atoms with Gasteiger partial charge in [0.05, 0.1) is 12.7 Å². The number of benzene rings is 1. The van der Waals surface area contributed by atoms with E-state index < -0.39 is 5.97 Å². The van der Waals surface area contributed by atoms with Crippen molar-refractivity contribution in [2.24, 2.45) is 0 Å². The van der Waals surface area contributed by atoms with Crippen molar-refractivity contribution in [1.29, 1.82) is 0 Å². The van der Waals surface area contributed by atoms with Gasteiger partial charge < -0.3 is 14.7 Å². The van der Waals surface area contributed by atoms with Crippen LogP contribution in [0.2, 0.25) is 0 Å². The molecule has 0 amide bonds. The van der Waals surface area contributed by atoms with E-state index in [2.05, 4.69) is 9.88 Å². The summed E-state index contributed by atoms with van der Waals surface area (Å²) in [6.07, 6.45) is 2.62. The largest absolute Gasteiger partial charge is 0.481 e. The van der Waals surface area contributed by atoms with Crippen LogP contribution in [0.5, 0.6) is 5.88 Å². The predicted molar refractivity (Wildman–Crippen MR) is 78.9 cm³/mol. The number of pyridine rings is 1. The Balaban J connectivity index is 1.89. The van der Waals surface area contributed by atoms with E-state index >= 15 is 0 Å². The molecule has 0 saturated carbocycles. The van der Waals surface area contributed by atoms with Gasteiger partial charge in [0, 0.05) is 31.0 Å². The fourth-order valence-electron chi connectivity index (χ4n) is 2.62. The second kappa shape index (κ2) is 5.44. The third kappa shape index (κ3) is 2.67. The van der Waals surface area contributed by atoms with E-state index in [0.717, 1.165) is 24.2 Å². The Hall–Kier alpha value is -2.56. The molecule has 2 aromatic rings. The summed E-state index contributed by atoms with van der Waals surface area (Å²) < 4.78 is 5.15. The molecule has 5 nitrogen and oxygen atoms in total. The smallest absolute Gasteiger partial charge is 0.335 e. The number of methoxy groups -OCH3 is 1. The highest BCUT2D eigenvalue weighted by Crippen LogP contribution is 2.26. The molecule has 1 aromatic carbocycles. The van der Waals surface area contributed by atoms with E-state index in [1.807, 2.05) is 18.2 Å². The fraction of sp³-hybridized carbons (Fsp3) is 0.250. The van der Waals surface area contributed by atoms with Crippen molar-refractivity contribution in [2.75, 3.05) is 18.6 Å². The number of hydrogen-bond donors (Lipinski definition) is 1. The van der Waals surface area contributed by atoms with Crippen LogP contribution < -0.4 is 9.64 Å². The van der Waals surface area contributed by atoms with Gasteiger partial charge in [0.15, 0.2) is 0 Å². The van der Waals surface area contributed by atoms with Gasteiger partial charge in [-0.15, -0.1) is 0 Å². The minimum Gasteiger partial charge on any atom is -0.481 e. The summed E-state index contributed by atoms with van der Waals surface area (Å²) in [6.45, 7) is 1.59. The van der Waals surface area contributed by atoms with Gasteiger partial charge >= 0.3 is 5.97 Å². The molecule has 0 saturated heterocycles. The van der Waals surface area contributed by atoms with Gasteiger partial charge in [-0.1, -0.05) is 6.07 Å². The van der Waals surface area contributed by atoms with Gasteiger partial charge in [-0.25, -0.2) is 9.78 Å². The van der Waals surface area contributed by atoms with Crippen LogP contribution in [0, 0.1) is 0 Å². The quantitative estimate of drug-likeness (QED) is 0.937. The van der Waals surface area contributed by atoms with Crippen LogP contribution in [0.3, 0.4) is 0 Å². The molecule has 2 heterocycles. The van der Waals surface area contributed by atoms with Crippen molar-refractivity contribution in [2.45, 2.75) is 13.0 Å². The fourth-order valence-corrected chi connectivity index (χ4v) is 2.62. The number of hydrogen-bond acceptors (Lipinski definition) is 4. The van der Waals surface area contributed by atoms with E-state index in [1.54, 1.807) is 25.4 Å². The Morgan fingerprint density at radius 3 is 2.90 bits per heavy atom. The molecular formula is C16H16N2O3. The number of carboxylic acids is 1. The highest BCUT2D eigenvalue weighted by Gasteiger charge is 2.18. The number of nitrogens with zero attached hydrogens (tertiary/aromatic N) is 2. The summed E-state index contributed by atoms with van der Waals surface area (Å²) in [5, 5.41) is 9.10. The molecule has 0 fully saturated rings. The monoisotopic (exact) mass is 284 g/mol. The lowest BCUT2D eigenvalue weighted by Crippen LogP contribution is -2.30. The third-order valence-corrected chi connectivity index (χ3v) is 3.76. The van der Waals surface area contributed by atoms with E-state index in [4.69, 9.17) is 9.84 Å². The minimum atomic E-state index is -0.888. The number of carboxylic acid groups (broad SMARTS) is 1. The second-order valence-electron chi connectivity index (χ2n) is 5.02. The molecule has 5 heteroatoms. The molecule has 0 spiro atoms. The summed E-state index contributed by atoms with van der Waals surface area (Å²) in [5.74, 6) is -0.307. The van der Waals surface area contributed by atoms with Gasteiger partial charge in [0.1, 0.15) is 0 Å². The van der Waals surface area contributed by atoms with Crippen molar-refractivity contribution < 1.29 is 14.6 Å². The SMILES string of the molecule is COc1cc(N2CCc3ccc(C(=O)O)cc3C2)ccn1. The van der Waals surface area contributed by atoms with Crippen molar-refractivity contribution >= 4 is 11.7 Å². The van der Waals surface area contributed by atoms with Crippen LogP contribution in [0.4, 0.5) is 5.69 Å². The standard InChI is InChI=1S/C16H16N2O3/c1-21-15-9-14(4-6-17-15)18-7-5-11-2-3-12(16(19)20)8-13(11)10-18/h2-4,6,8-9H,5,7,10H2,1H3,(H,19,20). The first-order valence-electron chi connectivity index (χ1n) is 6.77. The average Bonchev–Trinajstić information content (AvgIpc) is 2.53. The Morgan fingerprint density at radius 1 is 1.29 bits per heavy atom. The summed E-state index contributed by atoms with van der Waals surface area (Å²) in [7, 11) is 1.59. The zero-order valence-electron chi connectivity index (χ0n) is 11.7. The Bertz CT molecular complexity index is 685. The van der Waals surface area contributed by atoms with Gasteiger partial charge in [-0.3, -0.25) is 0 Å². The highest BCUT2D eigenvalue weighted by molar-refractivity contribution is 5.88. The minimum absolute atomic E-state index is 0.336. The molecular weight excluding hydrogens is 268 g/mol. The van der Waals surface area contributed by atoms with E-state index in [0.29, 0.717) is 18.0 Å². The summed E-state index contributed by atoms with van der Waals surface area (Å²) in [5.41, 5.74) is 3.66. The number of aromatic nitrogens is 1. The van der Waals surface area contributed by atoms with E-state index in [1.165, 1.54) is 5.56 Å². The maximum absolute atomic E-state index is 11.1. The predicted octanol–water partition coefficient (Wildman–Crippen LogP) is 2.35. The van der Waals surface area contributed by atoms with Crippen LogP contribution in [0.25, 0.3) is 0 Å². The molecule has 1 aliphatic rings. The molecule has 0 radical (unpaired) electrons. The van der Waals surface area contributed by atoms with Crippen molar-refractivity contribution in [3.8, 4) is 5.88 Å². The molecule has 0 aliphatic carbocycles. The maximum atomic E-state index is 11.1. The lowest BCUT2D eigenvalue weighted by atomic mass is 9.97. The molecule has 0 atom stereocenters. The zero-order chi connectivity index (χ0) is 14.8. The molecule has 108 valence electrons. The second-order valence-corrected chi connectivity index (χ2v) is 5.02.